The smallest absolute Gasteiger partial charge is 0.272 e. The molecule has 0 unspecified atom stereocenters. The van der Waals surface area contributed by atoms with Crippen molar-refractivity contribution >= 4 is 39.5 Å². The van der Waals surface area contributed by atoms with Crippen LogP contribution in [0.1, 0.15) is 23.3 Å². The highest BCUT2D eigenvalue weighted by atomic mass is 32.1. The summed E-state index contributed by atoms with van der Waals surface area (Å²) in [6, 6.07) is 5.10. The molecule has 4 aromatic rings. The van der Waals surface area contributed by atoms with Gasteiger partial charge in [-0.1, -0.05) is 0 Å². The molecule has 2 aromatic carbocycles. The second-order valence-electron chi connectivity index (χ2n) is 11.0. The lowest BCUT2D eigenvalue weighted by molar-refractivity contribution is -0.120. The van der Waals surface area contributed by atoms with E-state index in [0.29, 0.717) is 35.2 Å². The fraction of sp³-hybridized carbons (Fsp3) is 0.345. The van der Waals surface area contributed by atoms with Gasteiger partial charge in [0.15, 0.2) is 4.96 Å². The summed E-state index contributed by atoms with van der Waals surface area (Å²) < 4.78 is 55.8. The maximum absolute atomic E-state index is 15.2. The van der Waals surface area contributed by atoms with Crippen LogP contribution in [0, 0.1) is 22.9 Å². The molecule has 2 aromatic heterocycles. The molecule has 9 nitrogen and oxygen atoms in total. The van der Waals surface area contributed by atoms with E-state index in [4.69, 9.17) is 9.47 Å². The number of imidazole rings is 1. The van der Waals surface area contributed by atoms with Crippen LogP contribution < -0.4 is 19.9 Å². The average molecular weight is 598 g/mol. The predicted molar refractivity (Wildman–Crippen MR) is 150 cm³/mol. The van der Waals surface area contributed by atoms with Gasteiger partial charge in [0.05, 0.1) is 17.1 Å². The molecule has 13 heteroatoms. The van der Waals surface area contributed by atoms with Crippen LogP contribution in [0.15, 0.2) is 41.9 Å². The number of halogens is 3. The second kappa shape index (κ2) is 10.0. The number of thiazole rings is 1. The number of aromatic nitrogens is 2. The first kappa shape index (κ1) is 26.8. The first-order valence-corrected chi connectivity index (χ1v) is 14.4. The van der Waals surface area contributed by atoms with Crippen LogP contribution in [0.5, 0.6) is 5.75 Å². The maximum Gasteiger partial charge on any atom is 0.272 e. The third-order valence-corrected chi connectivity index (χ3v) is 9.16. The molecule has 5 heterocycles. The Balaban J connectivity index is 1.08. The van der Waals surface area contributed by atoms with E-state index in [1.807, 2.05) is 4.90 Å². The van der Waals surface area contributed by atoms with Crippen molar-refractivity contribution in [3.05, 3.63) is 65.1 Å². The molecule has 0 bridgehead atoms. The molecule has 2 fully saturated rings. The third-order valence-electron chi connectivity index (χ3n) is 8.32. The molecule has 1 spiro atoms. The number of nitrogens with zero attached hydrogens (tertiary/aromatic N) is 4. The maximum atomic E-state index is 15.2. The van der Waals surface area contributed by atoms with E-state index in [-0.39, 0.29) is 29.0 Å². The zero-order valence-corrected chi connectivity index (χ0v) is 23.3. The molecule has 3 aliphatic heterocycles. The number of anilines is 2. The monoisotopic (exact) mass is 597 g/mol. The summed E-state index contributed by atoms with van der Waals surface area (Å²) in [7, 11) is 1.56. The van der Waals surface area contributed by atoms with Crippen molar-refractivity contribution < 1.29 is 32.2 Å². The Morgan fingerprint density at radius 3 is 2.64 bits per heavy atom. The molecule has 0 aliphatic carbocycles. The van der Waals surface area contributed by atoms with Gasteiger partial charge in [0.25, 0.3) is 11.8 Å². The van der Waals surface area contributed by atoms with Crippen molar-refractivity contribution in [1.29, 1.82) is 0 Å². The third kappa shape index (κ3) is 4.47. The molecule has 42 heavy (non-hydrogen) atoms. The van der Waals surface area contributed by atoms with Crippen LogP contribution in [0.4, 0.5) is 24.5 Å². The standard InChI is InChI=1S/C29H26F3N5O4S/c1-35-23-10-22(36-14-29(15-36)4-6-40-7-5-29)19(32)9-25(23)41-12-21(27(35)39)33-26(38)20-11-37-24(13-42-28(37)34-20)17-3-2-16(30)8-18(17)31/h2-3,8-11,13,21H,4-7,12,14-15H2,1H3,(H,33,38)/t21-/m0/s1. The lowest BCUT2D eigenvalue weighted by Gasteiger charge is -2.53. The summed E-state index contributed by atoms with van der Waals surface area (Å²) >= 11 is 1.19. The van der Waals surface area contributed by atoms with E-state index < -0.39 is 35.3 Å². The van der Waals surface area contributed by atoms with Gasteiger partial charge in [-0.25, -0.2) is 18.2 Å². The number of likely N-dealkylation sites (N-methyl/N-ethyl adjacent to an activating group) is 1. The van der Waals surface area contributed by atoms with Gasteiger partial charge in [-0.05, 0) is 31.0 Å². The molecule has 3 aliphatic rings. The van der Waals surface area contributed by atoms with Crippen molar-refractivity contribution in [2.45, 2.75) is 18.9 Å². The number of hydrogen-bond acceptors (Lipinski definition) is 7. The number of hydrogen-bond donors (Lipinski definition) is 1. The first-order chi connectivity index (χ1) is 20.2. The highest BCUT2D eigenvalue weighted by Crippen LogP contribution is 2.45. The Kier molecular flexibility index (Phi) is 6.39. The Morgan fingerprint density at radius 1 is 1.10 bits per heavy atom. The Labute approximate surface area is 242 Å². The van der Waals surface area contributed by atoms with Gasteiger partial charge >= 0.3 is 0 Å². The lowest BCUT2D eigenvalue weighted by atomic mass is 9.73. The van der Waals surface area contributed by atoms with E-state index in [0.717, 1.165) is 38.1 Å². The SMILES string of the molecule is CN1C(=O)[C@@H](NC(=O)c2cn3c(-c4ccc(F)cc4F)csc3n2)COc2cc(F)c(N3CC4(CCOCC4)C3)cc21. The number of rotatable bonds is 4. The van der Waals surface area contributed by atoms with Crippen molar-refractivity contribution in [2.75, 3.05) is 49.8 Å². The van der Waals surface area contributed by atoms with E-state index in [1.54, 1.807) is 18.5 Å². The average Bonchev–Trinajstić information content (AvgIpc) is 3.53. The highest BCUT2D eigenvalue weighted by molar-refractivity contribution is 7.15. The molecule has 218 valence electrons. The van der Waals surface area contributed by atoms with Gasteiger partial charge in [0, 0.05) is 68.0 Å². The van der Waals surface area contributed by atoms with Crippen molar-refractivity contribution in [2.24, 2.45) is 5.41 Å². The normalized spacial score (nSPS) is 19.8. The molecule has 1 atom stereocenters. The number of nitrogens with one attached hydrogen (secondary N) is 1. The van der Waals surface area contributed by atoms with Gasteiger partial charge < -0.3 is 24.6 Å². The zero-order valence-electron chi connectivity index (χ0n) is 22.5. The Hall–Kier alpha value is -4.10. The van der Waals surface area contributed by atoms with Gasteiger partial charge in [0.2, 0.25) is 0 Å². The molecule has 0 radical (unpaired) electrons. The summed E-state index contributed by atoms with van der Waals surface area (Å²) in [4.78, 5) is 34.6. The predicted octanol–water partition coefficient (Wildman–Crippen LogP) is 4.25. The Bertz CT molecular complexity index is 1730. The minimum atomic E-state index is -1.07. The molecule has 0 saturated carbocycles. The van der Waals surface area contributed by atoms with Crippen molar-refractivity contribution in [1.82, 2.24) is 14.7 Å². The van der Waals surface area contributed by atoms with Crippen molar-refractivity contribution in [3.8, 4) is 17.0 Å². The molecule has 1 N–H and O–H groups in total. The van der Waals surface area contributed by atoms with Crippen LogP contribution in [-0.2, 0) is 9.53 Å². The Morgan fingerprint density at radius 2 is 1.88 bits per heavy atom. The minimum Gasteiger partial charge on any atom is -0.489 e. The lowest BCUT2D eigenvalue weighted by Crippen LogP contribution is -2.58. The fourth-order valence-electron chi connectivity index (χ4n) is 5.92. The number of ether oxygens (including phenoxy) is 2. The topological polar surface area (TPSA) is 88.4 Å². The van der Waals surface area contributed by atoms with Gasteiger partial charge in [-0.2, -0.15) is 0 Å². The quantitative estimate of drug-likeness (QED) is 0.379. The van der Waals surface area contributed by atoms with Crippen LogP contribution in [0.3, 0.4) is 0 Å². The van der Waals surface area contributed by atoms with E-state index >= 15 is 4.39 Å². The van der Waals surface area contributed by atoms with E-state index in [2.05, 4.69) is 10.3 Å². The molecular weight excluding hydrogens is 571 g/mol. The van der Waals surface area contributed by atoms with Gasteiger partial charge in [0.1, 0.15) is 41.5 Å². The molecular formula is C29H26F3N5O4S. The largest absolute Gasteiger partial charge is 0.489 e. The summed E-state index contributed by atoms with van der Waals surface area (Å²) in [6.45, 7) is 2.66. The van der Waals surface area contributed by atoms with Crippen LogP contribution in [0.25, 0.3) is 16.2 Å². The van der Waals surface area contributed by atoms with Crippen LogP contribution in [-0.4, -0.2) is 67.2 Å². The van der Waals surface area contributed by atoms with Crippen LogP contribution in [0.2, 0.25) is 0 Å². The fourth-order valence-corrected chi connectivity index (χ4v) is 6.80. The number of carbonyl (C=O) groups is 2. The number of carbonyl (C=O) groups excluding carboxylic acids is 2. The van der Waals surface area contributed by atoms with E-state index in [9.17, 15) is 18.4 Å². The van der Waals surface area contributed by atoms with Crippen LogP contribution >= 0.6 is 11.3 Å². The molecule has 7 rings (SSSR count). The highest BCUT2D eigenvalue weighted by Gasteiger charge is 2.45. The zero-order chi connectivity index (χ0) is 29.2. The second-order valence-corrected chi connectivity index (χ2v) is 11.8. The molecule has 2 amide bonds. The summed E-state index contributed by atoms with van der Waals surface area (Å²) in [5.74, 6) is -2.73. The van der Waals surface area contributed by atoms with Gasteiger partial charge in [-0.3, -0.25) is 14.0 Å². The first-order valence-electron chi connectivity index (χ1n) is 13.5. The van der Waals surface area contributed by atoms with Crippen molar-refractivity contribution in [3.63, 3.8) is 0 Å². The number of fused-ring (bicyclic) bond motifs is 2. The number of amides is 2. The van der Waals surface area contributed by atoms with Gasteiger partial charge in [-0.15, -0.1) is 11.3 Å². The summed E-state index contributed by atoms with van der Waals surface area (Å²) in [5, 5.41) is 4.33. The minimum absolute atomic E-state index is 0.0102. The summed E-state index contributed by atoms with van der Waals surface area (Å²) in [6.07, 6.45) is 3.32. The van der Waals surface area contributed by atoms with E-state index in [1.165, 1.54) is 39.0 Å². The summed E-state index contributed by atoms with van der Waals surface area (Å²) in [5.41, 5.74) is 1.53. The number of benzene rings is 2. The molecule has 2 saturated heterocycles.